The Morgan fingerprint density at radius 2 is 1.88 bits per heavy atom. The van der Waals surface area contributed by atoms with E-state index in [-0.39, 0.29) is 24.2 Å². The maximum absolute atomic E-state index is 12.4. The van der Waals surface area contributed by atoms with Gasteiger partial charge in [-0.1, -0.05) is 6.07 Å². The van der Waals surface area contributed by atoms with Gasteiger partial charge in [-0.15, -0.1) is 12.4 Å². The third-order valence-corrected chi connectivity index (χ3v) is 2.05. The molecule has 0 heterocycles. The molecule has 0 aliphatic carbocycles. The fourth-order valence-electron chi connectivity index (χ4n) is 1.26. The summed E-state index contributed by atoms with van der Waals surface area (Å²) in [6, 6.07) is 2.94. The summed E-state index contributed by atoms with van der Waals surface area (Å²) < 4.78 is 41.9. The summed E-state index contributed by atoms with van der Waals surface area (Å²) in [6.45, 7) is 1.69. The van der Waals surface area contributed by atoms with Crippen molar-refractivity contribution in [3.8, 4) is 5.75 Å². The zero-order valence-corrected chi connectivity index (χ0v) is 9.65. The second kappa shape index (κ2) is 5.41. The minimum atomic E-state index is -4.36. The van der Waals surface area contributed by atoms with Crippen LogP contribution in [0.1, 0.15) is 24.1 Å². The molecule has 6 heteroatoms. The van der Waals surface area contributed by atoms with E-state index in [4.69, 9.17) is 10.5 Å². The molecule has 0 aliphatic rings. The van der Waals surface area contributed by atoms with Crippen molar-refractivity contribution in [2.24, 2.45) is 5.73 Å². The summed E-state index contributed by atoms with van der Waals surface area (Å²) in [5.74, 6) is 0.167. The normalized spacial score (nSPS) is 12.9. The summed E-state index contributed by atoms with van der Waals surface area (Å²) in [7, 11) is 1.32. The zero-order valence-electron chi connectivity index (χ0n) is 8.84. The molecule has 0 radical (unpaired) electrons. The topological polar surface area (TPSA) is 35.2 Å². The van der Waals surface area contributed by atoms with Gasteiger partial charge in [0.2, 0.25) is 0 Å². The van der Waals surface area contributed by atoms with Gasteiger partial charge in [-0.3, -0.25) is 0 Å². The quantitative estimate of drug-likeness (QED) is 0.881. The smallest absolute Gasteiger partial charge is 0.416 e. The van der Waals surface area contributed by atoms with Crippen LogP contribution in [0.25, 0.3) is 0 Å². The number of halogens is 4. The molecular weight excluding hydrogens is 243 g/mol. The lowest BCUT2D eigenvalue weighted by atomic mass is 10.0. The Hall–Kier alpha value is -0.940. The van der Waals surface area contributed by atoms with E-state index in [0.29, 0.717) is 5.56 Å². The molecule has 92 valence electrons. The number of methoxy groups -OCH3 is 1. The Labute approximate surface area is 98.0 Å². The van der Waals surface area contributed by atoms with Crippen LogP contribution < -0.4 is 10.5 Å². The van der Waals surface area contributed by atoms with Crippen LogP contribution in [0.3, 0.4) is 0 Å². The molecule has 0 amide bonds. The highest BCUT2D eigenvalue weighted by Gasteiger charge is 2.31. The predicted molar refractivity (Wildman–Crippen MR) is 57.8 cm³/mol. The van der Waals surface area contributed by atoms with Crippen molar-refractivity contribution in [2.75, 3.05) is 7.11 Å². The highest BCUT2D eigenvalue weighted by molar-refractivity contribution is 5.85. The van der Waals surface area contributed by atoms with Gasteiger partial charge in [-0.25, -0.2) is 0 Å². The first kappa shape index (κ1) is 15.1. The Kier molecular flexibility index (Phi) is 5.09. The second-order valence-corrected chi connectivity index (χ2v) is 3.24. The van der Waals surface area contributed by atoms with Crippen molar-refractivity contribution >= 4 is 12.4 Å². The average Bonchev–Trinajstić information content (AvgIpc) is 2.15. The number of hydrogen-bond donors (Lipinski definition) is 1. The third-order valence-electron chi connectivity index (χ3n) is 2.05. The Balaban J connectivity index is 0.00000225. The van der Waals surface area contributed by atoms with Gasteiger partial charge in [-0.2, -0.15) is 13.2 Å². The highest BCUT2D eigenvalue weighted by atomic mass is 35.5. The summed E-state index contributed by atoms with van der Waals surface area (Å²) in [6.07, 6.45) is -4.36. The Morgan fingerprint density at radius 1 is 1.31 bits per heavy atom. The fraction of sp³-hybridized carbons (Fsp3) is 0.400. The molecule has 0 spiro atoms. The van der Waals surface area contributed by atoms with Gasteiger partial charge in [0.25, 0.3) is 0 Å². The summed E-state index contributed by atoms with van der Waals surface area (Å²) in [4.78, 5) is 0. The Bertz CT molecular complexity index is 352. The van der Waals surface area contributed by atoms with Crippen LogP contribution in [0.4, 0.5) is 13.2 Å². The standard InChI is InChI=1S/C10H12F3NO.ClH/c1-6(14)8-4-3-7(10(11,12)13)5-9(8)15-2;/h3-6H,14H2,1-2H3;1H. The van der Waals surface area contributed by atoms with Gasteiger partial charge >= 0.3 is 6.18 Å². The van der Waals surface area contributed by atoms with Crippen LogP contribution in [-0.2, 0) is 6.18 Å². The molecule has 0 aliphatic heterocycles. The van der Waals surface area contributed by atoms with Gasteiger partial charge in [0.15, 0.2) is 0 Å². The molecule has 1 unspecified atom stereocenters. The number of hydrogen-bond acceptors (Lipinski definition) is 2. The maximum Gasteiger partial charge on any atom is 0.416 e. The number of benzene rings is 1. The molecule has 0 saturated heterocycles. The molecule has 1 rings (SSSR count). The number of alkyl halides is 3. The number of ether oxygens (including phenoxy) is 1. The van der Waals surface area contributed by atoms with Gasteiger partial charge in [0.05, 0.1) is 12.7 Å². The lowest BCUT2D eigenvalue weighted by molar-refractivity contribution is -0.137. The van der Waals surface area contributed by atoms with Crippen LogP contribution in [0.15, 0.2) is 18.2 Å². The minimum Gasteiger partial charge on any atom is -0.496 e. The minimum absolute atomic E-state index is 0. The van der Waals surface area contributed by atoms with Crippen molar-refractivity contribution in [1.82, 2.24) is 0 Å². The van der Waals surface area contributed by atoms with Crippen molar-refractivity contribution in [3.05, 3.63) is 29.3 Å². The number of nitrogens with two attached hydrogens (primary N) is 1. The van der Waals surface area contributed by atoms with E-state index < -0.39 is 11.7 Å². The van der Waals surface area contributed by atoms with E-state index in [1.807, 2.05) is 0 Å². The van der Waals surface area contributed by atoms with E-state index in [9.17, 15) is 13.2 Å². The lowest BCUT2D eigenvalue weighted by Gasteiger charge is -2.14. The molecule has 0 fully saturated rings. The van der Waals surface area contributed by atoms with Crippen LogP contribution >= 0.6 is 12.4 Å². The third kappa shape index (κ3) is 3.28. The molecule has 2 N–H and O–H groups in total. The molecule has 1 atom stereocenters. The van der Waals surface area contributed by atoms with E-state index in [2.05, 4.69) is 0 Å². The monoisotopic (exact) mass is 255 g/mol. The van der Waals surface area contributed by atoms with E-state index in [1.54, 1.807) is 6.92 Å². The zero-order chi connectivity index (χ0) is 11.6. The Morgan fingerprint density at radius 3 is 2.25 bits per heavy atom. The summed E-state index contributed by atoms with van der Waals surface area (Å²) in [5.41, 5.74) is 5.42. The molecule has 2 nitrogen and oxygen atoms in total. The molecule has 0 aromatic heterocycles. The highest BCUT2D eigenvalue weighted by Crippen LogP contribution is 2.34. The van der Waals surface area contributed by atoms with Crippen LogP contribution in [0.2, 0.25) is 0 Å². The largest absolute Gasteiger partial charge is 0.496 e. The van der Waals surface area contributed by atoms with E-state index in [1.165, 1.54) is 13.2 Å². The van der Waals surface area contributed by atoms with E-state index in [0.717, 1.165) is 12.1 Å². The first-order chi connectivity index (χ1) is 6.86. The van der Waals surface area contributed by atoms with Crippen LogP contribution in [0, 0.1) is 0 Å². The number of rotatable bonds is 2. The van der Waals surface area contributed by atoms with Gasteiger partial charge in [-0.05, 0) is 19.1 Å². The predicted octanol–water partition coefficient (Wildman–Crippen LogP) is 3.16. The fourth-order valence-corrected chi connectivity index (χ4v) is 1.26. The molecule has 16 heavy (non-hydrogen) atoms. The van der Waals surface area contributed by atoms with Gasteiger partial charge < -0.3 is 10.5 Å². The molecule has 1 aromatic carbocycles. The lowest BCUT2D eigenvalue weighted by Crippen LogP contribution is -2.10. The molecule has 1 aromatic rings. The maximum atomic E-state index is 12.4. The second-order valence-electron chi connectivity index (χ2n) is 3.24. The molecular formula is C10H13ClF3NO. The van der Waals surface area contributed by atoms with Crippen molar-refractivity contribution < 1.29 is 17.9 Å². The van der Waals surface area contributed by atoms with Crippen molar-refractivity contribution in [3.63, 3.8) is 0 Å². The molecule has 0 saturated carbocycles. The van der Waals surface area contributed by atoms with E-state index >= 15 is 0 Å². The van der Waals surface area contributed by atoms with Gasteiger partial charge in [0.1, 0.15) is 5.75 Å². The first-order valence-corrected chi connectivity index (χ1v) is 4.37. The van der Waals surface area contributed by atoms with Crippen molar-refractivity contribution in [1.29, 1.82) is 0 Å². The van der Waals surface area contributed by atoms with Crippen LogP contribution in [-0.4, -0.2) is 7.11 Å². The van der Waals surface area contributed by atoms with Gasteiger partial charge in [0, 0.05) is 11.6 Å². The summed E-state index contributed by atoms with van der Waals surface area (Å²) >= 11 is 0. The average molecular weight is 256 g/mol. The first-order valence-electron chi connectivity index (χ1n) is 4.37. The van der Waals surface area contributed by atoms with Crippen molar-refractivity contribution in [2.45, 2.75) is 19.1 Å². The summed E-state index contributed by atoms with van der Waals surface area (Å²) in [5, 5.41) is 0. The van der Waals surface area contributed by atoms with Crippen LogP contribution in [0.5, 0.6) is 5.75 Å². The SMILES string of the molecule is COc1cc(C(F)(F)F)ccc1C(C)N.Cl. The molecule has 0 bridgehead atoms.